The van der Waals surface area contributed by atoms with Gasteiger partial charge in [-0.1, -0.05) is 30.7 Å². The topological polar surface area (TPSA) is 26.3 Å². The van der Waals surface area contributed by atoms with Crippen molar-refractivity contribution < 1.29 is 9.53 Å². The number of ether oxygens (including phenoxy) is 1. The van der Waals surface area contributed by atoms with Crippen LogP contribution < -0.4 is 4.74 Å². The Bertz CT molecular complexity index is 588. The molecule has 98 valence electrons. The van der Waals surface area contributed by atoms with Gasteiger partial charge in [-0.05, 0) is 41.5 Å². The summed E-state index contributed by atoms with van der Waals surface area (Å²) < 4.78 is 5.23. The molecule has 0 aliphatic rings. The lowest BCUT2D eigenvalue weighted by Gasteiger charge is -2.10. The molecule has 0 amide bonds. The Kier molecular flexibility index (Phi) is 4.23. The van der Waals surface area contributed by atoms with E-state index in [1.165, 1.54) is 0 Å². The standard InChI is InChI=1S/C16H15ClO2/c1-3-16(18)14-9-8-13(19-2)10-15(14)11-4-6-12(17)7-5-11/h4-10H,3H2,1-2H3. The monoisotopic (exact) mass is 274 g/mol. The molecule has 2 aromatic rings. The van der Waals surface area contributed by atoms with Crippen molar-refractivity contribution in [1.82, 2.24) is 0 Å². The van der Waals surface area contributed by atoms with Gasteiger partial charge < -0.3 is 4.74 Å². The number of carbonyl (C=O) groups excluding carboxylic acids is 1. The minimum Gasteiger partial charge on any atom is -0.497 e. The molecule has 0 atom stereocenters. The highest BCUT2D eigenvalue weighted by atomic mass is 35.5. The molecule has 0 bridgehead atoms. The summed E-state index contributed by atoms with van der Waals surface area (Å²) in [4.78, 5) is 12.0. The van der Waals surface area contributed by atoms with Gasteiger partial charge in [0.2, 0.25) is 0 Å². The Morgan fingerprint density at radius 2 is 1.84 bits per heavy atom. The van der Waals surface area contributed by atoms with Crippen molar-refractivity contribution in [2.45, 2.75) is 13.3 Å². The first-order chi connectivity index (χ1) is 9.15. The maximum atomic E-state index is 12.0. The molecule has 0 heterocycles. The van der Waals surface area contributed by atoms with Crippen molar-refractivity contribution in [3.8, 4) is 16.9 Å². The fraction of sp³-hybridized carbons (Fsp3) is 0.188. The molecule has 0 radical (unpaired) electrons. The fourth-order valence-corrected chi connectivity index (χ4v) is 2.08. The molecule has 0 aliphatic heterocycles. The highest BCUT2D eigenvalue weighted by Crippen LogP contribution is 2.29. The summed E-state index contributed by atoms with van der Waals surface area (Å²) in [5.74, 6) is 0.852. The van der Waals surface area contributed by atoms with Crippen molar-refractivity contribution in [3.63, 3.8) is 0 Å². The first-order valence-electron chi connectivity index (χ1n) is 6.13. The summed E-state index contributed by atoms with van der Waals surface area (Å²) in [6.45, 7) is 1.86. The quantitative estimate of drug-likeness (QED) is 0.761. The number of Topliss-reactive ketones (excluding diaryl/α,β-unsaturated/α-hetero) is 1. The summed E-state index contributed by atoms with van der Waals surface area (Å²) in [7, 11) is 1.61. The average Bonchev–Trinajstić information content (AvgIpc) is 2.46. The third-order valence-corrected chi connectivity index (χ3v) is 3.26. The lowest BCUT2D eigenvalue weighted by Crippen LogP contribution is -2.00. The maximum absolute atomic E-state index is 12.0. The molecule has 0 fully saturated rings. The van der Waals surface area contributed by atoms with E-state index in [2.05, 4.69) is 0 Å². The number of benzene rings is 2. The third kappa shape index (κ3) is 2.96. The number of hydrogen-bond donors (Lipinski definition) is 0. The van der Waals surface area contributed by atoms with Crippen LogP contribution in [0.25, 0.3) is 11.1 Å². The summed E-state index contributed by atoms with van der Waals surface area (Å²) in [6.07, 6.45) is 0.479. The normalized spacial score (nSPS) is 10.3. The van der Waals surface area contributed by atoms with Gasteiger partial charge in [0.15, 0.2) is 5.78 Å². The molecule has 0 saturated carbocycles. The Balaban J connectivity index is 2.57. The van der Waals surface area contributed by atoms with Crippen molar-refractivity contribution in [2.24, 2.45) is 0 Å². The van der Waals surface area contributed by atoms with Crippen LogP contribution in [0.4, 0.5) is 0 Å². The maximum Gasteiger partial charge on any atom is 0.163 e. The van der Waals surface area contributed by atoms with Gasteiger partial charge in [-0.15, -0.1) is 0 Å². The van der Waals surface area contributed by atoms with Crippen molar-refractivity contribution in [3.05, 3.63) is 53.1 Å². The van der Waals surface area contributed by atoms with Crippen LogP contribution in [0.1, 0.15) is 23.7 Å². The van der Waals surface area contributed by atoms with Gasteiger partial charge in [0.25, 0.3) is 0 Å². The molecule has 3 heteroatoms. The molecule has 2 aromatic carbocycles. The molecular weight excluding hydrogens is 260 g/mol. The number of carbonyl (C=O) groups is 1. The summed E-state index contributed by atoms with van der Waals surface area (Å²) in [6, 6.07) is 12.9. The molecule has 0 unspecified atom stereocenters. The van der Waals surface area contributed by atoms with Gasteiger partial charge in [-0.3, -0.25) is 4.79 Å². The highest BCUT2D eigenvalue weighted by molar-refractivity contribution is 6.30. The first kappa shape index (κ1) is 13.6. The number of hydrogen-bond acceptors (Lipinski definition) is 2. The van der Waals surface area contributed by atoms with Gasteiger partial charge >= 0.3 is 0 Å². The van der Waals surface area contributed by atoms with Crippen LogP contribution in [0.2, 0.25) is 5.02 Å². The molecule has 2 rings (SSSR count). The summed E-state index contributed by atoms with van der Waals surface area (Å²) in [5, 5.41) is 0.676. The van der Waals surface area contributed by atoms with Crippen molar-refractivity contribution in [1.29, 1.82) is 0 Å². The zero-order valence-electron chi connectivity index (χ0n) is 10.9. The molecular formula is C16H15ClO2. The number of methoxy groups -OCH3 is 1. The second-order valence-electron chi connectivity index (χ2n) is 4.20. The van der Waals surface area contributed by atoms with E-state index in [-0.39, 0.29) is 5.78 Å². The minimum absolute atomic E-state index is 0.118. The number of halogens is 1. The van der Waals surface area contributed by atoms with E-state index in [1.807, 2.05) is 49.4 Å². The molecule has 0 N–H and O–H groups in total. The molecule has 2 nitrogen and oxygen atoms in total. The van der Waals surface area contributed by atoms with Crippen LogP contribution >= 0.6 is 11.6 Å². The second kappa shape index (κ2) is 5.89. The predicted molar refractivity (Wildman–Crippen MR) is 78.1 cm³/mol. The Morgan fingerprint density at radius 3 is 2.42 bits per heavy atom. The number of ketones is 1. The highest BCUT2D eigenvalue weighted by Gasteiger charge is 2.12. The largest absolute Gasteiger partial charge is 0.497 e. The van der Waals surface area contributed by atoms with E-state index < -0.39 is 0 Å². The van der Waals surface area contributed by atoms with Crippen LogP contribution in [0.5, 0.6) is 5.75 Å². The van der Waals surface area contributed by atoms with Gasteiger partial charge in [-0.25, -0.2) is 0 Å². The second-order valence-corrected chi connectivity index (χ2v) is 4.63. The molecule has 0 aliphatic carbocycles. The van der Waals surface area contributed by atoms with Crippen LogP contribution in [0.15, 0.2) is 42.5 Å². The third-order valence-electron chi connectivity index (χ3n) is 3.00. The van der Waals surface area contributed by atoms with Gasteiger partial charge in [-0.2, -0.15) is 0 Å². The van der Waals surface area contributed by atoms with Crippen LogP contribution in [-0.2, 0) is 0 Å². The summed E-state index contributed by atoms with van der Waals surface area (Å²) >= 11 is 5.90. The van der Waals surface area contributed by atoms with Crippen LogP contribution in [0, 0.1) is 0 Å². The molecule has 19 heavy (non-hydrogen) atoms. The van der Waals surface area contributed by atoms with E-state index in [0.717, 1.165) is 16.9 Å². The van der Waals surface area contributed by atoms with Crippen molar-refractivity contribution in [2.75, 3.05) is 7.11 Å². The Hall–Kier alpha value is -1.80. The average molecular weight is 275 g/mol. The smallest absolute Gasteiger partial charge is 0.163 e. The molecule has 0 saturated heterocycles. The van der Waals surface area contributed by atoms with E-state index in [0.29, 0.717) is 17.0 Å². The Morgan fingerprint density at radius 1 is 1.16 bits per heavy atom. The van der Waals surface area contributed by atoms with E-state index in [4.69, 9.17) is 16.3 Å². The number of rotatable bonds is 4. The van der Waals surface area contributed by atoms with Gasteiger partial charge in [0.05, 0.1) is 7.11 Å². The zero-order valence-corrected chi connectivity index (χ0v) is 11.7. The first-order valence-corrected chi connectivity index (χ1v) is 6.50. The Labute approximate surface area is 118 Å². The fourth-order valence-electron chi connectivity index (χ4n) is 1.95. The minimum atomic E-state index is 0.118. The lowest BCUT2D eigenvalue weighted by atomic mass is 9.96. The van der Waals surface area contributed by atoms with E-state index >= 15 is 0 Å². The predicted octanol–water partition coefficient (Wildman–Crippen LogP) is 4.61. The van der Waals surface area contributed by atoms with Crippen LogP contribution in [0.3, 0.4) is 0 Å². The van der Waals surface area contributed by atoms with Crippen LogP contribution in [-0.4, -0.2) is 12.9 Å². The van der Waals surface area contributed by atoms with Crippen molar-refractivity contribution >= 4 is 17.4 Å². The molecule has 0 aromatic heterocycles. The van der Waals surface area contributed by atoms with E-state index in [9.17, 15) is 4.79 Å². The zero-order chi connectivity index (χ0) is 13.8. The summed E-state index contributed by atoms with van der Waals surface area (Å²) in [5.41, 5.74) is 2.55. The van der Waals surface area contributed by atoms with E-state index in [1.54, 1.807) is 7.11 Å². The SMILES string of the molecule is CCC(=O)c1ccc(OC)cc1-c1ccc(Cl)cc1. The van der Waals surface area contributed by atoms with Gasteiger partial charge in [0, 0.05) is 17.0 Å². The molecule has 0 spiro atoms. The lowest BCUT2D eigenvalue weighted by molar-refractivity contribution is 0.0989. The van der Waals surface area contributed by atoms with Gasteiger partial charge in [0.1, 0.15) is 5.75 Å².